The molecule has 3 heterocycles. The van der Waals surface area contributed by atoms with Gasteiger partial charge in [-0.15, -0.1) is 0 Å². The van der Waals surface area contributed by atoms with E-state index in [0.717, 1.165) is 18.4 Å². The molecule has 2 saturated carbocycles. The fourth-order valence-electron chi connectivity index (χ4n) is 6.98. The van der Waals surface area contributed by atoms with Crippen LogP contribution in [0, 0.1) is 18.7 Å². The van der Waals surface area contributed by atoms with Crippen LogP contribution in [0.15, 0.2) is 48.6 Å². The number of benzene rings is 2. The van der Waals surface area contributed by atoms with E-state index in [1.54, 1.807) is 43.3 Å². The summed E-state index contributed by atoms with van der Waals surface area (Å²) in [5.74, 6) is -1.02. The summed E-state index contributed by atoms with van der Waals surface area (Å²) in [5.41, 5.74) is 0.407. The summed E-state index contributed by atoms with van der Waals surface area (Å²) in [5, 5.41) is 2.85. The lowest BCUT2D eigenvalue weighted by Gasteiger charge is -2.30. The zero-order chi connectivity index (χ0) is 36.1. The van der Waals surface area contributed by atoms with Gasteiger partial charge >= 0.3 is 6.03 Å². The fraction of sp³-hybridized carbons (Fsp3) is 0.472. The van der Waals surface area contributed by atoms with E-state index >= 15 is 0 Å². The molecule has 15 heteroatoms. The molecule has 1 aromatic heterocycles. The van der Waals surface area contributed by atoms with E-state index in [9.17, 15) is 27.2 Å². The standard InChI is InChI=1S/C36H41FN6O7S/c1-21-29(49-3)16-15-27-30(21)38-31(22-9-11-24(37)12-10-22)39-33(27)50-25-18-28-32(44)40-36(34(45)41-51(47,48)26-13-14-26)19-23(36)8-6-4-5-7-17-42(2)35(46)43(28)20-25/h6,8-12,15-16,23,25-26,28H,4-5,7,13-14,17-20H2,1-3H3,(H,40,44)(H,41,45)/b8-6-/t23-,25-,28+,36?/m1/s1. The number of hydrogen-bond acceptors (Lipinski definition) is 9. The molecular formula is C36H41FN6O7S. The zero-order valence-electron chi connectivity index (χ0n) is 28.7. The molecule has 4 amide bonds. The van der Waals surface area contributed by atoms with Gasteiger partial charge in [-0.3, -0.25) is 14.3 Å². The van der Waals surface area contributed by atoms with Crippen LogP contribution in [0.1, 0.15) is 50.5 Å². The van der Waals surface area contributed by atoms with Crippen molar-refractivity contribution in [1.82, 2.24) is 29.8 Å². The number of methoxy groups -OCH3 is 1. The van der Waals surface area contributed by atoms with Crippen LogP contribution in [0.25, 0.3) is 22.3 Å². The maximum absolute atomic E-state index is 14.2. The minimum absolute atomic E-state index is 0.0480. The molecule has 3 aromatic rings. The molecule has 0 spiro atoms. The quantitative estimate of drug-likeness (QED) is 0.346. The molecule has 13 nitrogen and oxygen atoms in total. The summed E-state index contributed by atoms with van der Waals surface area (Å²) in [6.07, 6.45) is 6.67. The van der Waals surface area contributed by atoms with Gasteiger partial charge in [0.1, 0.15) is 29.3 Å². The van der Waals surface area contributed by atoms with Crippen LogP contribution in [0.3, 0.4) is 0 Å². The third kappa shape index (κ3) is 6.83. The number of carbonyl (C=O) groups excluding carboxylic acids is 3. The van der Waals surface area contributed by atoms with Crippen molar-refractivity contribution >= 4 is 38.8 Å². The Hall–Kier alpha value is -4.79. The van der Waals surface area contributed by atoms with Crippen LogP contribution in [0.5, 0.6) is 11.6 Å². The van der Waals surface area contributed by atoms with E-state index in [1.807, 2.05) is 19.1 Å². The van der Waals surface area contributed by atoms with Gasteiger partial charge in [0.05, 0.1) is 29.8 Å². The molecule has 2 aliphatic heterocycles. The molecule has 7 rings (SSSR count). The SMILES string of the molecule is COc1ccc2c(O[C@@H]3C[C@H]4C(=O)NC5(C(=O)NS(=O)(=O)C6CC6)C[C@H]5/C=C\CCCCN(C)C(=O)N4C3)nc(-c3ccc(F)cc3)nc2c1C. The number of sulfonamides is 1. The minimum atomic E-state index is -3.86. The predicted molar refractivity (Wildman–Crippen MR) is 186 cm³/mol. The second-order valence-corrected chi connectivity index (χ2v) is 15.8. The molecule has 0 bridgehead atoms. The average Bonchev–Trinajstić information content (AvgIpc) is 4.03. The van der Waals surface area contributed by atoms with Crippen molar-refractivity contribution in [2.75, 3.05) is 27.2 Å². The number of allylic oxidation sites excluding steroid dienone is 1. The van der Waals surface area contributed by atoms with Crippen molar-refractivity contribution in [3.8, 4) is 23.0 Å². The maximum Gasteiger partial charge on any atom is 0.320 e. The Bertz CT molecular complexity index is 2020. The van der Waals surface area contributed by atoms with Crippen molar-refractivity contribution < 1.29 is 36.7 Å². The van der Waals surface area contributed by atoms with E-state index < -0.39 is 56.5 Å². The first-order valence-electron chi connectivity index (χ1n) is 17.2. The summed E-state index contributed by atoms with van der Waals surface area (Å²) in [4.78, 5) is 54.1. The Labute approximate surface area is 295 Å². The summed E-state index contributed by atoms with van der Waals surface area (Å²) in [6.45, 7) is 2.39. The Kier molecular flexibility index (Phi) is 9.10. The number of carbonyl (C=O) groups is 3. The van der Waals surface area contributed by atoms with Crippen LogP contribution >= 0.6 is 0 Å². The van der Waals surface area contributed by atoms with E-state index in [4.69, 9.17) is 19.4 Å². The number of aromatic nitrogens is 2. The van der Waals surface area contributed by atoms with Crippen molar-refractivity contribution in [2.45, 2.75) is 74.8 Å². The molecule has 51 heavy (non-hydrogen) atoms. The van der Waals surface area contributed by atoms with Gasteiger partial charge < -0.3 is 24.6 Å². The van der Waals surface area contributed by atoms with Gasteiger partial charge in [0, 0.05) is 37.1 Å². The Morgan fingerprint density at radius 1 is 1.10 bits per heavy atom. The van der Waals surface area contributed by atoms with Crippen molar-refractivity contribution in [3.63, 3.8) is 0 Å². The van der Waals surface area contributed by atoms with Gasteiger partial charge in [-0.25, -0.2) is 22.6 Å². The van der Waals surface area contributed by atoms with Gasteiger partial charge in [-0.2, -0.15) is 4.98 Å². The molecule has 3 fully saturated rings. The number of nitrogens with one attached hydrogen (secondary N) is 2. The van der Waals surface area contributed by atoms with Crippen LogP contribution in [-0.2, 0) is 19.6 Å². The molecule has 2 N–H and O–H groups in total. The first-order valence-corrected chi connectivity index (χ1v) is 18.8. The molecule has 4 atom stereocenters. The fourth-order valence-corrected chi connectivity index (χ4v) is 8.34. The van der Waals surface area contributed by atoms with Gasteiger partial charge in [0.2, 0.25) is 21.8 Å². The number of rotatable bonds is 7. The maximum atomic E-state index is 14.2. The Morgan fingerprint density at radius 3 is 2.59 bits per heavy atom. The molecule has 1 saturated heterocycles. The molecule has 2 aromatic carbocycles. The lowest BCUT2D eigenvalue weighted by molar-refractivity contribution is -0.131. The van der Waals surface area contributed by atoms with Crippen LogP contribution < -0.4 is 19.5 Å². The van der Waals surface area contributed by atoms with E-state index in [-0.39, 0.29) is 31.3 Å². The number of fused-ring (bicyclic) bond motifs is 3. The third-order valence-corrected chi connectivity index (χ3v) is 12.0. The monoisotopic (exact) mass is 720 g/mol. The Morgan fingerprint density at radius 2 is 1.86 bits per heavy atom. The first-order chi connectivity index (χ1) is 24.4. The number of hydrogen-bond donors (Lipinski definition) is 2. The van der Waals surface area contributed by atoms with Gasteiger partial charge in [-0.05, 0) is 81.8 Å². The highest BCUT2D eigenvalue weighted by Crippen LogP contribution is 2.46. The highest BCUT2D eigenvalue weighted by molar-refractivity contribution is 7.91. The lowest BCUT2D eigenvalue weighted by atomic mass is 10.1. The number of halogens is 1. The number of ether oxygens (including phenoxy) is 2. The molecule has 1 unspecified atom stereocenters. The molecular weight excluding hydrogens is 679 g/mol. The predicted octanol–water partition coefficient (Wildman–Crippen LogP) is 3.85. The zero-order valence-corrected chi connectivity index (χ0v) is 29.5. The normalized spacial score (nSPS) is 26.1. The summed E-state index contributed by atoms with van der Waals surface area (Å²) in [6, 6.07) is 7.95. The molecule has 270 valence electrons. The van der Waals surface area contributed by atoms with Crippen LogP contribution in [0.2, 0.25) is 0 Å². The van der Waals surface area contributed by atoms with Crippen molar-refractivity contribution in [1.29, 1.82) is 0 Å². The largest absolute Gasteiger partial charge is 0.496 e. The highest BCUT2D eigenvalue weighted by Gasteiger charge is 2.62. The number of amides is 4. The summed E-state index contributed by atoms with van der Waals surface area (Å²) >= 11 is 0. The topological polar surface area (TPSA) is 160 Å². The van der Waals surface area contributed by atoms with Crippen LogP contribution in [0.4, 0.5) is 9.18 Å². The van der Waals surface area contributed by atoms with E-state index in [1.165, 1.54) is 17.0 Å². The highest BCUT2D eigenvalue weighted by atomic mass is 32.2. The summed E-state index contributed by atoms with van der Waals surface area (Å²) < 4.78 is 53.6. The average molecular weight is 721 g/mol. The van der Waals surface area contributed by atoms with E-state index in [0.29, 0.717) is 53.8 Å². The van der Waals surface area contributed by atoms with Gasteiger partial charge in [0.25, 0.3) is 5.91 Å². The third-order valence-electron chi connectivity index (χ3n) is 10.2. The Balaban J connectivity index is 1.21. The summed E-state index contributed by atoms with van der Waals surface area (Å²) in [7, 11) is -0.613. The smallest absolute Gasteiger partial charge is 0.320 e. The van der Waals surface area contributed by atoms with Crippen LogP contribution in [-0.4, -0.2) is 96.2 Å². The van der Waals surface area contributed by atoms with Crippen molar-refractivity contribution in [3.05, 3.63) is 59.9 Å². The van der Waals surface area contributed by atoms with Gasteiger partial charge in [-0.1, -0.05) is 12.2 Å². The molecule has 2 aliphatic carbocycles. The molecule has 4 aliphatic rings. The lowest BCUT2D eigenvalue weighted by Crippen LogP contribution is -2.57. The number of nitrogens with zero attached hydrogens (tertiary/aromatic N) is 4. The van der Waals surface area contributed by atoms with E-state index in [2.05, 4.69) is 10.0 Å². The second kappa shape index (κ2) is 13.4. The van der Waals surface area contributed by atoms with Crippen molar-refractivity contribution in [2.24, 2.45) is 5.92 Å². The number of urea groups is 1. The number of aryl methyl sites for hydroxylation is 1. The second-order valence-electron chi connectivity index (χ2n) is 13.9. The molecule has 0 radical (unpaired) electrons. The minimum Gasteiger partial charge on any atom is -0.496 e. The van der Waals surface area contributed by atoms with Gasteiger partial charge in [0.15, 0.2) is 5.82 Å². The first kappa shape index (κ1) is 34.6.